The number of hydrogen-bond donors (Lipinski definition) is 1. The predicted molar refractivity (Wildman–Crippen MR) is 89.8 cm³/mol. The zero-order chi connectivity index (χ0) is 15.9. The fourth-order valence-corrected chi connectivity index (χ4v) is 2.55. The third-order valence-corrected chi connectivity index (χ3v) is 4.09. The Bertz CT molecular complexity index is 520. The lowest BCUT2D eigenvalue weighted by Crippen LogP contribution is -2.45. The van der Waals surface area contributed by atoms with Crippen molar-refractivity contribution in [3.05, 3.63) is 33.8 Å². The first-order valence-corrected chi connectivity index (χ1v) is 7.91. The van der Waals surface area contributed by atoms with E-state index in [9.17, 15) is 0 Å². The first-order chi connectivity index (χ1) is 10.6. The Morgan fingerprint density at radius 2 is 2.18 bits per heavy atom. The molecule has 1 aliphatic rings. The van der Waals surface area contributed by atoms with Crippen molar-refractivity contribution in [2.75, 3.05) is 40.5 Å². The Morgan fingerprint density at radius 3 is 2.82 bits per heavy atom. The maximum Gasteiger partial charge on any atom is 0.193 e. The van der Waals surface area contributed by atoms with E-state index in [4.69, 9.17) is 32.7 Å². The van der Waals surface area contributed by atoms with Crippen LogP contribution in [-0.4, -0.2) is 57.4 Å². The molecule has 1 N–H and O–H groups in total. The van der Waals surface area contributed by atoms with Gasteiger partial charge in [0.25, 0.3) is 0 Å². The van der Waals surface area contributed by atoms with Crippen molar-refractivity contribution >= 4 is 29.2 Å². The zero-order valence-electron chi connectivity index (χ0n) is 12.8. The molecule has 0 bridgehead atoms. The van der Waals surface area contributed by atoms with Gasteiger partial charge in [0.15, 0.2) is 5.96 Å². The molecule has 1 atom stereocenters. The fourth-order valence-electron chi connectivity index (χ4n) is 2.23. The molecule has 1 aromatic rings. The summed E-state index contributed by atoms with van der Waals surface area (Å²) in [5.41, 5.74) is 1.07. The molecular weight excluding hydrogens is 325 g/mol. The molecular formula is C15H21Cl2N3O2. The van der Waals surface area contributed by atoms with E-state index in [1.165, 1.54) is 0 Å². The second-order valence-electron chi connectivity index (χ2n) is 5.10. The highest BCUT2D eigenvalue weighted by molar-refractivity contribution is 6.42. The summed E-state index contributed by atoms with van der Waals surface area (Å²) in [6, 6.07) is 5.62. The van der Waals surface area contributed by atoms with Crippen molar-refractivity contribution in [2.24, 2.45) is 4.99 Å². The van der Waals surface area contributed by atoms with Gasteiger partial charge >= 0.3 is 0 Å². The number of rotatable bonds is 4. The Hall–Kier alpha value is -1.01. The Labute approximate surface area is 141 Å². The van der Waals surface area contributed by atoms with Gasteiger partial charge in [0.05, 0.1) is 36.0 Å². The predicted octanol–water partition coefficient (Wildman–Crippen LogP) is 2.42. The summed E-state index contributed by atoms with van der Waals surface area (Å²) in [6.45, 7) is 3.27. The van der Waals surface area contributed by atoms with Crippen molar-refractivity contribution in [1.82, 2.24) is 10.2 Å². The average Bonchev–Trinajstić information content (AvgIpc) is 2.52. The summed E-state index contributed by atoms with van der Waals surface area (Å²) >= 11 is 12.0. The van der Waals surface area contributed by atoms with Crippen molar-refractivity contribution in [2.45, 2.75) is 12.6 Å². The van der Waals surface area contributed by atoms with Crippen LogP contribution in [0.5, 0.6) is 0 Å². The molecule has 1 fully saturated rings. The number of guanidine groups is 1. The molecule has 1 aliphatic heterocycles. The second kappa shape index (κ2) is 8.58. The molecule has 1 unspecified atom stereocenters. The molecule has 22 heavy (non-hydrogen) atoms. The SMILES string of the molecule is CN=C(NCC1COCCO1)N(C)Cc1ccc(Cl)c(Cl)c1. The van der Waals surface area contributed by atoms with Gasteiger partial charge in [-0.3, -0.25) is 4.99 Å². The van der Waals surface area contributed by atoms with Crippen LogP contribution < -0.4 is 5.32 Å². The Kier molecular flexibility index (Phi) is 6.76. The molecule has 1 heterocycles. The summed E-state index contributed by atoms with van der Waals surface area (Å²) < 4.78 is 11.0. The number of aliphatic imine (C=N–C) groups is 1. The molecule has 0 radical (unpaired) electrons. The number of benzene rings is 1. The van der Waals surface area contributed by atoms with Crippen molar-refractivity contribution in [1.29, 1.82) is 0 Å². The summed E-state index contributed by atoms with van der Waals surface area (Å²) in [6.07, 6.45) is 0.0591. The molecule has 5 nitrogen and oxygen atoms in total. The largest absolute Gasteiger partial charge is 0.376 e. The molecule has 7 heteroatoms. The van der Waals surface area contributed by atoms with E-state index >= 15 is 0 Å². The highest BCUT2D eigenvalue weighted by Crippen LogP contribution is 2.23. The molecule has 122 valence electrons. The summed E-state index contributed by atoms with van der Waals surface area (Å²) in [4.78, 5) is 6.30. The van der Waals surface area contributed by atoms with Gasteiger partial charge in [-0.1, -0.05) is 29.3 Å². The van der Waals surface area contributed by atoms with Gasteiger partial charge in [-0.25, -0.2) is 0 Å². The molecule has 1 saturated heterocycles. The van der Waals surface area contributed by atoms with Crippen molar-refractivity contribution in [3.63, 3.8) is 0 Å². The van der Waals surface area contributed by atoms with Crippen LogP contribution >= 0.6 is 23.2 Å². The van der Waals surface area contributed by atoms with Crippen molar-refractivity contribution < 1.29 is 9.47 Å². The maximum atomic E-state index is 6.05. The highest BCUT2D eigenvalue weighted by Gasteiger charge is 2.16. The standard InChI is InChI=1S/C15H21Cl2N3O2/c1-18-15(19-8-12-10-21-5-6-22-12)20(2)9-11-3-4-13(16)14(17)7-11/h3-4,7,12H,5-6,8-10H2,1-2H3,(H,18,19). The van der Waals surface area contributed by atoms with Gasteiger partial charge in [0.2, 0.25) is 0 Å². The van der Waals surface area contributed by atoms with E-state index in [-0.39, 0.29) is 6.10 Å². The smallest absolute Gasteiger partial charge is 0.193 e. The van der Waals surface area contributed by atoms with E-state index in [0.717, 1.165) is 11.5 Å². The average molecular weight is 346 g/mol. The van der Waals surface area contributed by atoms with Gasteiger partial charge in [-0.15, -0.1) is 0 Å². The van der Waals surface area contributed by atoms with E-state index in [1.54, 1.807) is 13.1 Å². The highest BCUT2D eigenvalue weighted by atomic mass is 35.5. The second-order valence-corrected chi connectivity index (χ2v) is 5.91. The molecule has 0 aliphatic carbocycles. The first-order valence-electron chi connectivity index (χ1n) is 7.15. The molecule has 2 rings (SSSR count). The minimum absolute atomic E-state index is 0.0591. The third-order valence-electron chi connectivity index (χ3n) is 3.35. The number of nitrogens with zero attached hydrogens (tertiary/aromatic N) is 2. The lowest BCUT2D eigenvalue weighted by Gasteiger charge is -2.27. The summed E-state index contributed by atoms with van der Waals surface area (Å²) in [5, 5.41) is 4.42. The number of halogens is 2. The van der Waals surface area contributed by atoms with Crippen molar-refractivity contribution in [3.8, 4) is 0 Å². The zero-order valence-corrected chi connectivity index (χ0v) is 14.3. The van der Waals surface area contributed by atoms with Crippen LogP contribution in [0.1, 0.15) is 5.56 Å². The van der Waals surface area contributed by atoms with E-state index in [2.05, 4.69) is 10.3 Å². The fraction of sp³-hybridized carbons (Fsp3) is 0.533. The van der Waals surface area contributed by atoms with Crippen LogP contribution in [0.4, 0.5) is 0 Å². The molecule has 0 saturated carbocycles. The lowest BCUT2D eigenvalue weighted by molar-refractivity contribution is -0.0851. The summed E-state index contributed by atoms with van der Waals surface area (Å²) in [5.74, 6) is 0.792. The van der Waals surface area contributed by atoms with Gasteiger partial charge < -0.3 is 19.7 Å². The molecule has 0 aromatic heterocycles. The van der Waals surface area contributed by atoms with Gasteiger partial charge in [-0.2, -0.15) is 0 Å². The molecule has 1 aromatic carbocycles. The van der Waals surface area contributed by atoms with E-state index in [0.29, 0.717) is 43.0 Å². The molecule has 0 spiro atoms. The third kappa shape index (κ3) is 5.02. The summed E-state index contributed by atoms with van der Waals surface area (Å²) in [7, 11) is 3.72. The van der Waals surface area contributed by atoms with Crippen LogP contribution in [0.2, 0.25) is 10.0 Å². The minimum atomic E-state index is 0.0591. The van der Waals surface area contributed by atoms with Crippen LogP contribution in [0, 0.1) is 0 Å². The van der Waals surface area contributed by atoms with Crippen LogP contribution in [0.25, 0.3) is 0 Å². The minimum Gasteiger partial charge on any atom is -0.376 e. The van der Waals surface area contributed by atoms with Crippen LogP contribution in [0.15, 0.2) is 23.2 Å². The topological polar surface area (TPSA) is 46.1 Å². The van der Waals surface area contributed by atoms with E-state index in [1.807, 2.05) is 24.1 Å². The van der Waals surface area contributed by atoms with Gasteiger partial charge in [0, 0.05) is 27.2 Å². The lowest BCUT2D eigenvalue weighted by atomic mass is 10.2. The van der Waals surface area contributed by atoms with Gasteiger partial charge in [-0.05, 0) is 17.7 Å². The van der Waals surface area contributed by atoms with E-state index < -0.39 is 0 Å². The quantitative estimate of drug-likeness (QED) is 0.672. The number of hydrogen-bond acceptors (Lipinski definition) is 3. The Morgan fingerprint density at radius 1 is 1.36 bits per heavy atom. The Balaban J connectivity index is 1.87. The van der Waals surface area contributed by atoms with Crippen LogP contribution in [-0.2, 0) is 16.0 Å². The maximum absolute atomic E-state index is 6.05. The number of nitrogens with one attached hydrogen (secondary N) is 1. The monoisotopic (exact) mass is 345 g/mol. The molecule has 0 amide bonds. The number of ether oxygens (including phenoxy) is 2. The normalized spacial score (nSPS) is 19.1. The van der Waals surface area contributed by atoms with Crippen LogP contribution in [0.3, 0.4) is 0 Å². The first kappa shape index (κ1) is 17.3. The van der Waals surface area contributed by atoms with Gasteiger partial charge in [0.1, 0.15) is 0 Å².